The smallest absolute Gasteiger partial charge is 0.305 e. The predicted octanol–water partition coefficient (Wildman–Crippen LogP) is 2.20. The van der Waals surface area contributed by atoms with Crippen molar-refractivity contribution in [3.05, 3.63) is 0 Å². The maximum atomic E-state index is 10.9. The highest BCUT2D eigenvalue weighted by molar-refractivity contribution is 5.69. The van der Waals surface area contributed by atoms with Gasteiger partial charge in [0, 0.05) is 12.5 Å². The number of hydrogen-bond acceptors (Lipinski definition) is 3. The first-order valence-electron chi connectivity index (χ1n) is 6.01. The first kappa shape index (κ1) is 12.5. The number of carbonyl (C=O) groups excluding carboxylic acids is 1. The number of esters is 1. The zero-order valence-corrected chi connectivity index (χ0v) is 10.00. The summed E-state index contributed by atoms with van der Waals surface area (Å²) in [6.07, 6.45) is 8.25. The summed E-state index contributed by atoms with van der Waals surface area (Å²) in [5.74, 6) is -0.0907. The van der Waals surface area contributed by atoms with E-state index in [1.165, 1.54) is 39.2 Å². The second kappa shape index (κ2) is 6.83. The molecule has 0 heterocycles. The van der Waals surface area contributed by atoms with Crippen molar-refractivity contribution >= 4 is 5.97 Å². The molecule has 3 nitrogen and oxygen atoms in total. The molecular formula is C12H23NO2. The number of carbonyl (C=O) groups is 1. The third-order valence-corrected chi connectivity index (χ3v) is 3.32. The first-order valence-corrected chi connectivity index (χ1v) is 6.01. The second-order valence-electron chi connectivity index (χ2n) is 4.45. The summed E-state index contributed by atoms with van der Waals surface area (Å²) in [7, 11) is 3.63. The fraction of sp³-hybridized carbons (Fsp3) is 0.917. The van der Waals surface area contributed by atoms with Crippen LogP contribution in [0.2, 0.25) is 0 Å². The largest absolute Gasteiger partial charge is 0.469 e. The zero-order valence-electron chi connectivity index (χ0n) is 10.00. The molecule has 1 aliphatic carbocycles. The predicted molar refractivity (Wildman–Crippen MR) is 60.8 cm³/mol. The van der Waals surface area contributed by atoms with E-state index in [0.29, 0.717) is 6.42 Å². The summed E-state index contributed by atoms with van der Waals surface area (Å²) >= 11 is 0. The maximum absolute atomic E-state index is 10.9. The van der Waals surface area contributed by atoms with Crippen LogP contribution in [-0.2, 0) is 9.53 Å². The monoisotopic (exact) mass is 213 g/mol. The summed E-state index contributed by atoms with van der Waals surface area (Å²) in [6, 6.07) is 0.747. The van der Waals surface area contributed by atoms with Crippen LogP contribution >= 0.6 is 0 Å². The molecule has 0 atom stereocenters. The lowest BCUT2D eigenvalue weighted by Gasteiger charge is -2.31. The van der Waals surface area contributed by atoms with Crippen LogP contribution in [-0.4, -0.2) is 37.6 Å². The van der Waals surface area contributed by atoms with E-state index < -0.39 is 0 Å². The van der Waals surface area contributed by atoms with Crippen molar-refractivity contribution in [1.82, 2.24) is 4.90 Å². The summed E-state index contributed by atoms with van der Waals surface area (Å²) < 4.78 is 4.62. The minimum absolute atomic E-state index is 0.0907. The topological polar surface area (TPSA) is 29.5 Å². The summed E-state index contributed by atoms with van der Waals surface area (Å²) in [5.41, 5.74) is 0. The van der Waals surface area contributed by atoms with E-state index in [2.05, 4.69) is 16.7 Å². The molecule has 0 aromatic carbocycles. The molecule has 0 aromatic heterocycles. The van der Waals surface area contributed by atoms with Crippen LogP contribution in [0.5, 0.6) is 0 Å². The van der Waals surface area contributed by atoms with Gasteiger partial charge in [-0.1, -0.05) is 19.3 Å². The van der Waals surface area contributed by atoms with Crippen LogP contribution in [0.15, 0.2) is 0 Å². The SMILES string of the molecule is COC(=O)CCCN(C)C1CCCCC1. The third kappa shape index (κ3) is 4.65. The van der Waals surface area contributed by atoms with Gasteiger partial charge < -0.3 is 9.64 Å². The minimum atomic E-state index is -0.0907. The van der Waals surface area contributed by atoms with Gasteiger partial charge in [-0.05, 0) is 32.9 Å². The highest BCUT2D eigenvalue weighted by Crippen LogP contribution is 2.21. The first-order chi connectivity index (χ1) is 7.24. The molecule has 0 aromatic rings. The Labute approximate surface area is 92.8 Å². The Morgan fingerprint density at radius 1 is 1.33 bits per heavy atom. The number of methoxy groups -OCH3 is 1. The molecule has 1 rings (SSSR count). The van der Waals surface area contributed by atoms with Gasteiger partial charge in [-0.2, -0.15) is 0 Å². The van der Waals surface area contributed by atoms with E-state index in [1.807, 2.05) is 0 Å². The Morgan fingerprint density at radius 3 is 2.60 bits per heavy atom. The van der Waals surface area contributed by atoms with Crippen molar-refractivity contribution in [3.8, 4) is 0 Å². The molecule has 0 aliphatic heterocycles. The van der Waals surface area contributed by atoms with E-state index >= 15 is 0 Å². The number of hydrogen-bond donors (Lipinski definition) is 0. The Hall–Kier alpha value is -0.570. The van der Waals surface area contributed by atoms with Crippen LogP contribution in [0, 0.1) is 0 Å². The van der Waals surface area contributed by atoms with Crippen molar-refractivity contribution < 1.29 is 9.53 Å². The van der Waals surface area contributed by atoms with E-state index in [0.717, 1.165) is 19.0 Å². The van der Waals surface area contributed by atoms with Crippen molar-refractivity contribution in [3.63, 3.8) is 0 Å². The minimum Gasteiger partial charge on any atom is -0.469 e. The molecule has 0 bridgehead atoms. The Bertz CT molecular complexity index is 188. The number of ether oxygens (including phenoxy) is 1. The van der Waals surface area contributed by atoms with E-state index in [9.17, 15) is 4.79 Å². The van der Waals surface area contributed by atoms with Gasteiger partial charge in [0.2, 0.25) is 0 Å². The van der Waals surface area contributed by atoms with Crippen LogP contribution in [0.1, 0.15) is 44.9 Å². The average Bonchev–Trinajstić information content (AvgIpc) is 2.29. The zero-order chi connectivity index (χ0) is 11.1. The molecule has 0 unspecified atom stereocenters. The van der Waals surface area contributed by atoms with Gasteiger partial charge in [-0.3, -0.25) is 4.79 Å². The Morgan fingerprint density at radius 2 is 2.00 bits per heavy atom. The van der Waals surface area contributed by atoms with E-state index in [1.54, 1.807) is 0 Å². The molecule has 0 spiro atoms. The lowest BCUT2D eigenvalue weighted by atomic mass is 9.94. The highest BCUT2D eigenvalue weighted by Gasteiger charge is 2.17. The molecule has 1 fully saturated rings. The molecule has 88 valence electrons. The van der Waals surface area contributed by atoms with Crippen LogP contribution < -0.4 is 0 Å². The average molecular weight is 213 g/mol. The van der Waals surface area contributed by atoms with Crippen LogP contribution in [0.25, 0.3) is 0 Å². The van der Waals surface area contributed by atoms with E-state index in [-0.39, 0.29) is 5.97 Å². The van der Waals surface area contributed by atoms with Crippen LogP contribution in [0.3, 0.4) is 0 Å². The molecule has 0 N–H and O–H groups in total. The van der Waals surface area contributed by atoms with Crippen molar-refractivity contribution in [1.29, 1.82) is 0 Å². The molecule has 15 heavy (non-hydrogen) atoms. The molecule has 1 aliphatic rings. The molecule has 3 heteroatoms. The quantitative estimate of drug-likeness (QED) is 0.656. The standard InChI is InChI=1S/C12H23NO2/c1-13(10-6-9-12(14)15-2)11-7-4-3-5-8-11/h11H,3-10H2,1-2H3. The van der Waals surface area contributed by atoms with Gasteiger partial charge in [0.1, 0.15) is 0 Å². The van der Waals surface area contributed by atoms with Crippen molar-refractivity contribution in [2.45, 2.75) is 51.0 Å². The lowest BCUT2D eigenvalue weighted by molar-refractivity contribution is -0.140. The summed E-state index contributed by atoms with van der Waals surface area (Å²) in [6.45, 7) is 1.01. The Balaban J connectivity index is 2.11. The molecule has 0 saturated heterocycles. The van der Waals surface area contributed by atoms with Gasteiger partial charge in [0.25, 0.3) is 0 Å². The highest BCUT2D eigenvalue weighted by atomic mass is 16.5. The maximum Gasteiger partial charge on any atom is 0.305 e. The number of rotatable bonds is 5. The van der Waals surface area contributed by atoms with Gasteiger partial charge in [0.15, 0.2) is 0 Å². The van der Waals surface area contributed by atoms with Crippen molar-refractivity contribution in [2.75, 3.05) is 20.7 Å². The van der Waals surface area contributed by atoms with Gasteiger partial charge in [-0.15, -0.1) is 0 Å². The molecule has 0 amide bonds. The normalized spacial score (nSPS) is 18.1. The summed E-state index contributed by atoms with van der Waals surface area (Å²) in [5, 5.41) is 0. The van der Waals surface area contributed by atoms with Gasteiger partial charge in [-0.25, -0.2) is 0 Å². The molecular weight excluding hydrogens is 190 g/mol. The molecule has 0 radical (unpaired) electrons. The number of nitrogens with zero attached hydrogens (tertiary/aromatic N) is 1. The molecule has 1 saturated carbocycles. The second-order valence-corrected chi connectivity index (χ2v) is 4.45. The van der Waals surface area contributed by atoms with Crippen LogP contribution in [0.4, 0.5) is 0 Å². The third-order valence-electron chi connectivity index (χ3n) is 3.32. The van der Waals surface area contributed by atoms with E-state index in [4.69, 9.17) is 0 Å². The fourth-order valence-electron chi connectivity index (χ4n) is 2.28. The Kier molecular flexibility index (Phi) is 5.69. The summed E-state index contributed by atoms with van der Waals surface area (Å²) in [4.78, 5) is 13.3. The van der Waals surface area contributed by atoms with Gasteiger partial charge in [0.05, 0.1) is 7.11 Å². The lowest BCUT2D eigenvalue weighted by Crippen LogP contribution is -2.34. The fourth-order valence-corrected chi connectivity index (χ4v) is 2.28. The van der Waals surface area contributed by atoms with Crippen molar-refractivity contribution in [2.24, 2.45) is 0 Å². The van der Waals surface area contributed by atoms with Gasteiger partial charge >= 0.3 is 5.97 Å².